The first kappa shape index (κ1) is 8.46. The molecule has 0 atom stereocenters. The molecule has 0 aromatic carbocycles. The van der Waals surface area contributed by atoms with E-state index in [2.05, 4.69) is 6.58 Å². The van der Waals surface area contributed by atoms with Crippen LogP contribution in [0, 0.1) is 0 Å². The molecule has 1 rings (SSSR count). The van der Waals surface area contributed by atoms with Crippen molar-refractivity contribution in [1.29, 1.82) is 0 Å². The fourth-order valence-electron chi connectivity index (χ4n) is 0.770. The van der Waals surface area contributed by atoms with Gasteiger partial charge in [0.15, 0.2) is 0 Å². The second-order valence-electron chi connectivity index (χ2n) is 2.28. The van der Waals surface area contributed by atoms with E-state index in [0.717, 1.165) is 5.56 Å². The highest BCUT2D eigenvalue weighted by atomic mass is 16.7. The summed E-state index contributed by atoms with van der Waals surface area (Å²) in [5.74, 6) is -0.341. The van der Waals surface area contributed by atoms with E-state index >= 15 is 0 Å². The van der Waals surface area contributed by atoms with Gasteiger partial charge in [-0.05, 0) is 5.56 Å². The van der Waals surface area contributed by atoms with Gasteiger partial charge in [-0.1, -0.05) is 12.7 Å². The van der Waals surface area contributed by atoms with Crippen LogP contribution in [0.5, 0.6) is 0 Å². The Bertz CT molecular complexity index is 290. The van der Waals surface area contributed by atoms with E-state index in [4.69, 9.17) is 4.84 Å². The number of hydrogen-bond acceptors (Lipinski definition) is 2. The van der Waals surface area contributed by atoms with E-state index in [1.165, 1.54) is 11.7 Å². The summed E-state index contributed by atoms with van der Waals surface area (Å²) >= 11 is 0. The number of hydrogen-bond donors (Lipinski definition) is 0. The lowest BCUT2D eigenvalue weighted by atomic mass is 10.3. The Labute approximate surface area is 70.9 Å². The van der Waals surface area contributed by atoms with Crippen molar-refractivity contribution in [3.05, 3.63) is 36.7 Å². The van der Waals surface area contributed by atoms with E-state index in [9.17, 15) is 4.79 Å². The highest BCUT2D eigenvalue weighted by molar-refractivity contribution is 5.65. The molecule has 0 saturated heterocycles. The first-order chi connectivity index (χ1) is 5.72. The average molecular weight is 164 g/mol. The molecule has 12 heavy (non-hydrogen) atoms. The fourth-order valence-corrected chi connectivity index (χ4v) is 0.770. The smallest absolute Gasteiger partial charge is 0.245 e. The van der Waals surface area contributed by atoms with E-state index in [1.54, 1.807) is 30.6 Å². The summed E-state index contributed by atoms with van der Waals surface area (Å²) in [4.78, 5) is 15.3. The van der Waals surface area contributed by atoms with Crippen LogP contribution in [0.3, 0.4) is 0 Å². The van der Waals surface area contributed by atoms with Gasteiger partial charge in [0, 0.05) is 23.8 Å². The maximum atomic E-state index is 10.5. The van der Waals surface area contributed by atoms with E-state index in [0.29, 0.717) is 0 Å². The van der Waals surface area contributed by atoms with Crippen LogP contribution in [0.25, 0.3) is 6.08 Å². The lowest BCUT2D eigenvalue weighted by Crippen LogP contribution is -2.44. The van der Waals surface area contributed by atoms with Gasteiger partial charge in [-0.3, -0.25) is 0 Å². The summed E-state index contributed by atoms with van der Waals surface area (Å²) in [5, 5.41) is 0. The van der Waals surface area contributed by atoms with Crippen molar-refractivity contribution in [2.24, 2.45) is 0 Å². The van der Waals surface area contributed by atoms with Crippen LogP contribution in [0.15, 0.2) is 31.1 Å². The molecule has 0 aliphatic carbocycles. The van der Waals surface area contributed by atoms with Gasteiger partial charge in [-0.2, -0.15) is 4.84 Å². The van der Waals surface area contributed by atoms with Crippen LogP contribution in [-0.4, -0.2) is 5.97 Å². The normalized spacial score (nSPS) is 9.08. The second-order valence-corrected chi connectivity index (χ2v) is 2.28. The predicted octanol–water partition coefficient (Wildman–Crippen LogP) is 0.592. The van der Waals surface area contributed by atoms with Gasteiger partial charge in [0.2, 0.25) is 12.4 Å². The Hall–Kier alpha value is -1.64. The van der Waals surface area contributed by atoms with Crippen LogP contribution in [0.2, 0.25) is 0 Å². The number of aromatic nitrogens is 1. The van der Waals surface area contributed by atoms with Crippen LogP contribution in [0.1, 0.15) is 12.5 Å². The minimum atomic E-state index is -0.341. The van der Waals surface area contributed by atoms with Gasteiger partial charge in [0.05, 0.1) is 0 Å². The minimum absolute atomic E-state index is 0.341. The Morgan fingerprint density at radius 3 is 2.58 bits per heavy atom. The molecule has 0 N–H and O–H groups in total. The third-order valence-electron chi connectivity index (χ3n) is 1.30. The van der Waals surface area contributed by atoms with Gasteiger partial charge >= 0.3 is 5.97 Å². The molecule has 3 nitrogen and oxygen atoms in total. The first-order valence-corrected chi connectivity index (χ1v) is 3.55. The Morgan fingerprint density at radius 1 is 1.58 bits per heavy atom. The number of rotatable bonds is 2. The van der Waals surface area contributed by atoms with Crippen LogP contribution in [0.4, 0.5) is 0 Å². The molecule has 0 bridgehead atoms. The number of carbonyl (C=O) groups is 1. The number of pyridine rings is 1. The summed E-state index contributed by atoms with van der Waals surface area (Å²) in [5.41, 5.74) is 0.985. The third-order valence-corrected chi connectivity index (χ3v) is 1.30. The Kier molecular flexibility index (Phi) is 2.58. The van der Waals surface area contributed by atoms with Gasteiger partial charge in [0.1, 0.15) is 0 Å². The van der Waals surface area contributed by atoms with Crippen molar-refractivity contribution in [3.63, 3.8) is 0 Å². The zero-order valence-corrected chi connectivity index (χ0v) is 6.86. The standard InChI is InChI=1S/C9H10NO2/c1-3-9-4-6-10(7-5-9)12-8(2)11/h3-7H,1H2,2H3/q+1. The second kappa shape index (κ2) is 3.67. The largest absolute Gasteiger partial charge is 0.377 e. The monoisotopic (exact) mass is 164 g/mol. The molecule has 62 valence electrons. The predicted molar refractivity (Wildman–Crippen MR) is 44.0 cm³/mol. The fraction of sp³-hybridized carbons (Fsp3) is 0.111. The zero-order valence-electron chi connectivity index (χ0n) is 6.86. The summed E-state index contributed by atoms with van der Waals surface area (Å²) in [6.45, 7) is 4.96. The molecular weight excluding hydrogens is 154 g/mol. The molecule has 0 aliphatic rings. The van der Waals surface area contributed by atoms with E-state index < -0.39 is 0 Å². The molecule has 0 saturated carbocycles. The molecule has 1 aromatic rings. The zero-order chi connectivity index (χ0) is 8.97. The maximum Gasteiger partial charge on any atom is 0.377 e. The lowest BCUT2D eigenvalue weighted by Gasteiger charge is -1.91. The van der Waals surface area contributed by atoms with Crippen molar-refractivity contribution < 1.29 is 14.4 Å². The van der Waals surface area contributed by atoms with E-state index in [-0.39, 0.29) is 5.97 Å². The number of carbonyl (C=O) groups excluding carboxylic acids is 1. The molecular formula is C9H10NO2+. The van der Waals surface area contributed by atoms with Crippen molar-refractivity contribution in [1.82, 2.24) is 0 Å². The maximum absolute atomic E-state index is 10.5. The molecule has 0 spiro atoms. The first-order valence-electron chi connectivity index (χ1n) is 3.55. The molecule has 1 aromatic heterocycles. The van der Waals surface area contributed by atoms with Crippen LogP contribution in [-0.2, 0) is 4.79 Å². The van der Waals surface area contributed by atoms with Crippen molar-refractivity contribution in [2.75, 3.05) is 0 Å². The molecule has 0 radical (unpaired) electrons. The molecule has 1 heterocycles. The molecule has 0 aliphatic heterocycles. The highest BCUT2D eigenvalue weighted by Gasteiger charge is 2.03. The highest BCUT2D eigenvalue weighted by Crippen LogP contribution is 1.94. The minimum Gasteiger partial charge on any atom is -0.245 e. The molecule has 0 unspecified atom stereocenters. The van der Waals surface area contributed by atoms with Gasteiger partial charge < -0.3 is 0 Å². The van der Waals surface area contributed by atoms with Crippen molar-refractivity contribution >= 4 is 12.0 Å². The topological polar surface area (TPSA) is 30.2 Å². The van der Waals surface area contributed by atoms with Gasteiger partial charge in [0.25, 0.3) is 0 Å². The van der Waals surface area contributed by atoms with Gasteiger partial charge in [-0.25, -0.2) is 4.79 Å². The van der Waals surface area contributed by atoms with Crippen molar-refractivity contribution in [2.45, 2.75) is 6.92 Å². The summed E-state index contributed by atoms with van der Waals surface area (Å²) in [6, 6.07) is 3.60. The lowest BCUT2D eigenvalue weighted by molar-refractivity contribution is -0.869. The Morgan fingerprint density at radius 2 is 2.17 bits per heavy atom. The summed E-state index contributed by atoms with van der Waals surface area (Å²) in [7, 11) is 0. The third kappa shape index (κ3) is 2.20. The van der Waals surface area contributed by atoms with E-state index in [1.807, 2.05) is 0 Å². The summed E-state index contributed by atoms with van der Waals surface area (Å²) in [6.07, 6.45) is 5.02. The van der Waals surface area contributed by atoms with Crippen molar-refractivity contribution in [3.8, 4) is 0 Å². The Balaban J connectivity index is 2.77. The quantitative estimate of drug-likeness (QED) is 0.599. The molecule has 0 fully saturated rings. The molecule has 3 heteroatoms. The van der Waals surface area contributed by atoms with Gasteiger partial charge in [-0.15, -0.1) is 0 Å². The SMILES string of the molecule is C=Cc1cc[n+](OC(C)=O)cc1. The van der Waals surface area contributed by atoms with Crippen LogP contribution < -0.4 is 9.57 Å². The van der Waals surface area contributed by atoms with Crippen LogP contribution >= 0.6 is 0 Å². The molecule has 0 amide bonds. The average Bonchev–Trinajstić information content (AvgIpc) is 2.05. The summed E-state index contributed by atoms with van der Waals surface area (Å²) < 4.78 is 1.34. The number of nitrogens with zero attached hydrogens (tertiary/aromatic N) is 1.